The zero-order chi connectivity index (χ0) is 15.1. The van der Waals surface area contributed by atoms with E-state index in [1.165, 1.54) is 19.4 Å². The van der Waals surface area contributed by atoms with Crippen molar-refractivity contribution in [1.82, 2.24) is 14.9 Å². The summed E-state index contributed by atoms with van der Waals surface area (Å²) < 4.78 is 0. The van der Waals surface area contributed by atoms with Crippen LogP contribution in [0.2, 0.25) is 0 Å². The van der Waals surface area contributed by atoms with Crippen LogP contribution in [0.15, 0.2) is 18.2 Å². The Hall–Kier alpha value is -1.62. The number of nitrogens with two attached hydrogens (primary N) is 1. The van der Waals surface area contributed by atoms with Gasteiger partial charge in [0.1, 0.15) is 5.82 Å². The summed E-state index contributed by atoms with van der Waals surface area (Å²) in [7, 11) is 0. The molecule has 1 saturated carbocycles. The highest BCUT2D eigenvalue weighted by molar-refractivity contribution is 5.43. The number of rotatable bonds is 3. The van der Waals surface area contributed by atoms with Crippen LogP contribution < -0.4 is 10.6 Å². The Balaban J connectivity index is 1.33. The summed E-state index contributed by atoms with van der Waals surface area (Å²) in [5.41, 5.74) is 6.71. The van der Waals surface area contributed by atoms with Gasteiger partial charge in [0.2, 0.25) is 5.95 Å². The monoisotopic (exact) mass is 299 g/mol. The number of nitrogen functional groups attached to an aromatic ring is 1. The predicted molar refractivity (Wildman–Crippen MR) is 88.7 cm³/mol. The molecule has 2 N–H and O–H groups in total. The summed E-state index contributed by atoms with van der Waals surface area (Å²) in [5, 5.41) is 0. The molecule has 3 aliphatic rings. The zero-order valence-electron chi connectivity index (χ0n) is 13.3. The van der Waals surface area contributed by atoms with Crippen LogP contribution in [-0.2, 0) is 0 Å². The number of aryl methyl sites for hydroxylation is 1. The first-order valence-electron chi connectivity index (χ1n) is 8.44. The van der Waals surface area contributed by atoms with Gasteiger partial charge in [0.15, 0.2) is 0 Å². The van der Waals surface area contributed by atoms with Crippen LogP contribution in [0.3, 0.4) is 0 Å². The van der Waals surface area contributed by atoms with Gasteiger partial charge < -0.3 is 10.6 Å². The van der Waals surface area contributed by atoms with Crippen molar-refractivity contribution in [1.29, 1.82) is 0 Å². The standard InChI is InChI=1S/C17H25N5/c1-12-8-16(20-17(18)19-12)22-6-4-21(5-7-22)11-15-10-13-2-3-14(15)9-13/h2-3,8,13-15H,4-7,9-11H2,1H3,(H2,18,19,20)/t13-,14-,15+/m1/s1. The first kappa shape index (κ1) is 14.0. The fourth-order valence-electron chi connectivity index (χ4n) is 4.33. The SMILES string of the molecule is Cc1cc(N2CCN(C[C@@H]3C[C@@H]4C=C[C@@H]3C4)CC2)nc(N)n1. The molecule has 0 radical (unpaired) electrons. The zero-order valence-corrected chi connectivity index (χ0v) is 13.3. The van der Waals surface area contributed by atoms with Gasteiger partial charge in [0.05, 0.1) is 0 Å². The van der Waals surface area contributed by atoms with Crippen LogP contribution in [0.5, 0.6) is 0 Å². The molecular weight excluding hydrogens is 274 g/mol. The number of hydrogen-bond acceptors (Lipinski definition) is 5. The topological polar surface area (TPSA) is 58.3 Å². The number of nitrogens with zero attached hydrogens (tertiary/aromatic N) is 4. The Kier molecular flexibility index (Phi) is 3.53. The van der Waals surface area contributed by atoms with E-state index in [-0.39, 0.29) is 0 Å². The van der Waals surface area contributed by atoms with Gasteiger partial charge in [-0.25, -0.2) is 4.98 Å². The predicted octanol–water partition coefficient (Wildman–Crippen LogP) is 1.70. The molecule has 0 aromatic carbocycles. The first-order valence-corrected chi connectivity index (χ1v) is 8.44. The fourth-order valence-corrected chi connectivity index (χ4v) is 4.33. The van der Waals surface area contributed by atoms with Crippen molar-refractivity contribution in [2.45, 2.75) is 19.8 Å². The molecule has 1 aromatic rings. The molecule has 0 spiro atoms. The molecule has 5 nitrogen and oxygen atoms in total. The van der Waals surface area contributed by atoms with Gasteiger partial charge in [-0.3, -0.25) is 4.90 Å². The van der Waals surface area contributed by atoms with E-state index in [4.69, 9.17) is 5.73 Å². The maximum atomic E-state index is 5.77. The summed E-state index contributed by atoms with van der Waals surface area (Å²) in [6.45, 7) is 7.56. The molecule has 2 aliphatic carbocycles. The molecule has 5 heteroatoms. The van der Waals surface area contributed by atoms with Crippen LogP contribution in [0.1, 0.15) is 18.5 Å². The summed E-state index contributed by atoms with van der Waals surface area (Å²) >= 11 is 0. The maximum Gasteiger partial charge on any atom is 0.222 e. The van der Waals surface area contributed by atoms with Crippen molar-refractivity contribution in [3.63, 3.8) is 0 Å². The van der Waals surface area contributed by atoms with Gasteiger partial charge in [-0.15, -0.1) is 0 Å². The fraction of sp³-hybridized carbons (Fsp3) is 0.647. The van der Waals surface area contributed by atoms with Crippen molar-refractivity contribution in [2.24, 2.45) is 17.8 Å². The number of allylic oxidation sites excluding steroid dienone is 2. The van der Waals surface area contributed by atoms with Crippen molar-refractivity contribution in [2.75, 3.05) is 43.4 Å². The highest BCUT2D eigenvalue weighted by Gasteiger charge is 2.36. The van der Waals surface area contributed by atoms with Crippen LogP contribution in [-0.4, -0.2) is 47.6 Å². The molecule has 2 fully saturated rings. The minimum atomic E-state index is 0.381. The van der Waals surface area contributed by atoms with E-state index >= 15 is 0 Å². The average molecular weight is 299 g/mol. The normalized spacial score (nSPS) is 31.1. The molecule has 1 aliphatic heterocycles. The third kappa shape index (κ3) is 2.70. The lowest BCUT2D eigenvalue weighted by atomic mass is 9.93. The molecule has 0 unspecified atom stereocenters. The number of hydrogen-bond donors (Lipinski definition) is 1. The second kappa shape index (κ2) is 5.54. The summed E-state index contributed by atoms with van der Waals surface area (Å²) in [6, 6.07) is 2.03. The van der Waals surface area contributed by atoms with E-state index in [1.54, 1.807) is 0 Å². The third-order valence-corrected chi connectivity index (χ3v) is 5.46. The van der Waals surface area contributed by atoms with Crippen LogP contribution >= 0.6 is 0 Å². The van der Waals surface area contributed by atoms with E-state index in [1.807, 2.05) is 13.0 Å². The highest BCUT2D eigenvalue weighted by atomic mass is 15.3. The second-order valence-corrected chi connectivity index (χ2v) is 7.05. The van der Waals surface area contributed by atoms with Gasteiger partial charge in [0, 0.05) is 44.5 Å². The van der Waals surface area contributed by atoms with Gasteiger partial charge >= 0.3 is 0 Å². The molecule has 2 bridgehead atoms. The molecule has 4 rings (SSSR count). The molecule has 2 heterocycles. The van der Waals surface area contributed by atoms with E-state index < -0.39 is 0 Å². The summed E-state index contributed by atoms with van der Waals surface area (Å²) in [4.78, 5) is 13.5. The Morgan fingerprint density at radius 2 is 1.95 bits per heavy atom. The quantitative estimate of drug-likeness (QED) is 0.861. The highest BCUT2D eigenvalue weighted by Crippen LogP contribution is 2.43. The Morgan fingerprint density at radius 3 is 2.59 bits per heavy atom. The van der Waals surface area contributed by atoms with E-state index in [2.05, 4.69) is 31.9 Å². The number of fused-ring (bicyclic) bond motifs is 2. The number of aromatic nitrogens is 2. The third-order valence-electron chi connectivity index (χ3n) is 5.46. The first-order chi connectivity index (χ1) is 10.7. The van der Waals surface area contributed by atoms with Crippen molar-refractivity contribution in [3.05, 3.63) is 23.9 Å². The van der Waals surface area contributed by atoms with Gasteiger partial charge in [-0.05, 0) is 37.5 Å². The van der Waals surface area contributed by atoms with Gasteiger partial charge in [-0.2, -0.15) is 4.98 Å². The average Bonchev–Trinajstić information content (AvgIpc) is 3.09. The van der Waals surface area contributed by atoms with E-state index in [0.717, 1.165) is 55.4 Å². The molecule has 1 saturated heterocycles. The van der Waals surface area contributed by atoms with Crippen LogP contribution in [0.25, 0.3) is 0 Å². The molecule has 22 heavy (non-hydrogen) atoms. The lowest BCUT2D eigenvalue weighted by Crippen LogP contribution is -2.48. The number of piperazine rings is 1. The molecule has 1 aromatic heterocycles. The van der Waals surface area contributed by atoms with E-state index in [0.29, 0.717) is 5.95 Å². The smallest absolute Gasteiger partial charge is 0.222 e. The van der Waals surface area contributed by atoms with Crippen LogP contribution in [0, 0.1) is 24.7 Å². The number of anilines is 2. The van der Waals surface area contributed by atoms with Gasteiger partial charge in [0.25, 0.3) is 0 Å². The minimum Gasteiger partial charge on any atom is -0.368 e. The Labute approximate surface area is 132 Å². The summed E-state index contributed by atoms with van der Waals surface area (Å²) in [6.07, 6.45) is 7.70. The van der Waals surface area contributed by atoms with Crippen molar-refractivity contribution >= 4 is 11.8 Å². The minimum absolute atomic E-state index is 0.381. The lowest BCUT2D eigenvalue weighted by molar-refractivity contribution is 0.204. The Morgan fingerprint density at radius 1 is 1.14 bits per heavy atom. The molecular formula is C17H25N5. The molecule has 118 valence electrons. The Bertz CT molecular complexity index is 556. The van der Waals surface area contributed by atoms with Gasteiger partial charge in [-0.1, -0.05) is 12.2 Å². The summed E-state index contributed by atoms with van der Waals surface area (Å²) in [5.74, 6) is 3.98. The molecule has 3 atom stereocenters. The van der Waals surface area contributed by atoms with Crippen molar-refractivity contribution in [3.8, 4) is 0 Å². The van der Waals surface area contributed by atoms with Crippen LogP contribution in [0.4, 0.5) is 11.8 Å². The molecule has 0 amide bonds. The van der Waals surface area contributed by atoms with Crippen molar-refractivity contribution < 1.29 is 0 Å². The maximum absolute atomic E-state index is 5.77. The largest absolute Gasteiger partial charge is 0.368 e. The second-order valence-electron chi connectivity index (χ2n) is 7.05. The lowest BCUT2D eigenvalue weighted by Gasteiger charge is -2.37. The van der Waals surface area contributed by atoms with E-state index in [9.17, 15) is 0 Å².